The first-order chi connectivity index (χ1) is 18.6. The summed E-state index contributed by atoms with van der Waals surface area (Å²) in [6.07, 6.45) is -0.311. The van der Waals surface area contributed by atoms with Crippen LogP contribution in [-0.2, 0) is 35.2 Å². The average Bonchev–Trinajstić information content (AvgIpc) is 2.85. The van der Waals surface area contributed by atoms with Gasteiger partial charge in [-0.1, -0.05) is 22.0 Å². The predicted molar refractivity (Wildman–Crippen MR) is 140 cm³/mol. The highest BCUT2D eigenvalue weighted by Crippen LogP contribution is 2.51. The zero-order valence-corrected chi connectivity index (χ0v) is 23.1. The second-order valence-electron chi connectivity index (χ2n) is 10.7. The molecular formula is C26H28BrN3O10. The molecule has 0 aliphatic heterocycles. The van der Waals surface area contributed by atoms with Crippen LogP contribution in [0.15, 0.2) is 12.1 Å². The molecule has 2 saturated carbocycles. The third kappa shape index (κ3) is 4.53. The van der Waals surface area contributed by atoms with Crippen LogP contribution in [0.4, 0.5) is 5.69 Å². The number of anilines is 1. The van der Waals surface area contributed by atoms with E-state index in [1.54, 1.807) is 0 Å². The highest BCUT2D eigenvalue weighted by Gasteiger charge is 2.69. The normalized spacial score (nSPS) is 30.3. The van der Waals surface area contributed by atoms with Gasteiger partial charge in [0.1, 0.15) is 5.75 Å². The number of fused-ring (bicyclic) bond motifs is 3. The number of carbonyl (C=O) groups excluding carboxylic acids is 6. The van der Waals surface area contributed by atoms with Crippen LogP contribution < -0.4 is 11.1 Å². The molecule has 6 N–H and O–H groups in total. The number of benzene rings is 1. The van der Waals surface area contributed by atoms with E-state index in [0.717, 1.165) is 0 Å². The number of aliphatic hydroxyl groups is 1. The molecule has 214 valence electrons. The van der Waals surface area contributed by atoms with E-state index in [-0.39, 0.29) is 36.9 Å². The molecular weight excluding hydrogens is 594 g/mol. The van der Waals surface area contributed by atoms with Crippen LogP contribution in [0.1, 0.15) is 35.2 Å². The number of phenols is 1. The number of hydrogen-bond acceptors (Lipinski definition) is 10. The van der Waals surface area contributed by atoms with Gasteiger partial charge in [0.25, 0.3) is 0 Å². The molecule has 0 spiro atoms. The second-order valence-corrected chi connectivity index (χ2v) is 11.8. The van der Waals surface area contributed by atoms with Crippen molar-refractivity contribution in [1.82, 2.24) is 4.90 Å². The first-order valence-electron chi connectivity index (χ1n) is 12.5. The molecule has 7 atom stereocenters. The predicted octanol–water partition coefficient (Wildman–Crippen LogP) is -0.566. The first-order valence-corrected chi connectivity index (χ1v) is 13.4. The molecule has 40 heavy (non-hydrogen) atoms. The van der Waals surface area contributed by atoms with Crippen LogP contribution in [-0.4, -0.2) is 91.7 Å². The summed E-state index contributed by atoms with van der Waals surface area (Å²) < 4.78 is 0. The van der Waals surface area contributed by atoms with E-state index >= 15 is 0 Å². The molecule has 0 saturated heterocycles. The number of ketones is 4. The Labute approximate surface area is 236 Å². The Kier molecular flexibility index (Phi) is 7.73. The van der Waals surface area contributed by atoms with Gasteiger partial charge in [0.2, 0.25) is 11.8 Å². The first kappa shape index (κ1) is 29.5. The molecule has 2 fully saturated rings. The van der Waals surface area contributed by atoms with Gasteiger partial charge in [0.15, 0.2) is 34.7 Å². The summed E-state index contributed by atoms with van der Waals surface area (Å²) in [4.78, 5) is 89.7. The number of halogens is 1. The number of carbonyl (C=O) groups is 7. The smallest absolute Gasteiger partial charge is 0.303 e. The van der Waals surface area contributed by atoms with Crippen LogP contribution in [0.25, 0.3) is 0 Å². The van der Waals surface area contributed by atoms with E-state index < -0.39 is 86.8 Å². The minimum Gasteiger partial charge on any atom is -0.505 e. The van der Waals surface area contributed by atoms with Crippen molar-refractivity contribution in [2.45, 2.75) is 42.2 Å². The van der Waals surface area contributed by atoms with E-state index in [0.29, 0.717) is 5.56 Å². The number of amides is 2. The van der Waals surface area contributed by atoms with Crippen molar-refractivity contribution in [2.24, 2.45) is 29.4 Å². The molecule has 2 amide bonds. The Bertz CT molecular complexity index is 1360. The van der Waals surface area contributed by atoms with Crippen molar-refractivity contribution in [3.63, 3.8) is 0 Å². The minimum atomic E-state index is -2.83. The van der Waals surface area contributed by atoms with Crippen molar-refractivity contribution in [2.75, 3.05) is 19.4 Å². The van der Waals surface area contributed by atoms with E-state index in [1.165, 1.54) is 31.1 Å². The van der Waals surface area contributed by atoms with E-state index in [4.69, 9.17) is 10.8 Å². The lowest BCUT2D eigenvalue weighted by atomic mass is 9.52. The van der Waals surface area contributed by atoms with Crippen molar-refractivity contribution in [3.8, 4) is 5.75 Å². The largest absolute Gasteiger partial charge is 0.505 e. The summed E-state index contributed by atoms with van der Waals surface area (Å²) in [6, 6.07) is 1.67. The number of nitrogens with two attached hydrogens (primary N) is 1. The van der Waals surface area contributed by atoms with Gasteiger partial charge in [-0.3, -0.25) is 38.5 Å². The lowest BCUT2D eigenvalue weighted by Crippen LogP contribution is -2.74. The zero-order chi connectivity index (χ0) is 29.8. The summed E-state index contributed by atoms with van der Waals surface area (Å²) in [5, 5.41) is 33.8. The Balaban J connectivity index is 1.71. The number of aromatic hydroxyl groups is 1. The molecule has 13 nitrogen and oxygen atoms in total. The van der Waals surface area contributed by atoms with Gasteiger partial charge in [-0.15, -0.1) is 0 Å². The maximum absolute atomic E-state index is 13.8. The molecule has 1 aromatic rings. The molecule has 0 heterocycles. The van der Waals surface area contributed by atoms with Gasteiger partial charge in [0, 0.05) is 12.3 Å². The highest BCUT2D eigenvalue weighted by molar-refractivity contribution is 9.10. The molecule has 0 aromatic heterocycles. The Morgan fingerprint density at radius 3 is 2.40 bits per heavy atom. The number of nitrogens with zero attached hydrogens (tertiary/aromatic N) is 1. The van der Waals surface area contributed by atoms with Crippen LogP contribution >= 0.6 is 15.9 Å². The fourth-order valence-corrected chi connectivity index (χ4v) is 6.62. The van der Waals surface area contributed by atoms with E-state index in [9.17, 15) is 43.8 Å². The van der Waals surface area contributed by atoms with Crippen LogP contribution in [0.5, 0.6) is 5.75 Å². The van der Waals surface area contributed by atoms with E-state index in [2.05, 4.69) is 21.2 Å². The Hall–Kier alpha value is -3.49. The maximum atomic E-state index is 13.8. The van der Waals surface area contributed by atoms with E-state index in [1.807, 2.05) is 0 Å². The number of carboxylic acids is 1. The lowest BCUT2D eigenvalue weighted by Gasteiger charge is -2.52. The third-order valence-corrected chi connectivity index (χ3v) is 8.96. The van der Waals surface area contributed by atoms with Crippen LogP contribution in [0, 0.1) is 23.7 Å². The molecule has 0 bridgehead atoms. The van der Waals surface area contributed by atoms with Crippen molar-refractivity contribution < 1.29 is 48.9 Å². The zero-order valence-electron chi connectivity index (χ0n) is 21.5. The topological polar surface area (TPSA) is 221 Å². The number of Topliss-reactive ketones (excluding diaryl/α,β-unsaturated/α-hetero) is 4. The number of aliphatic carboxylic acids is 1. The number of hydrogen-bond donors (Lipinski definition) is 5. The van der Waals surface area contributed by atoms with Crippen molar-refractivity contribution >= 4 is 62.5 Å². The summed E-state index contributed by atoms with van der Waals surface area (Å²) in [5.74, 6) is -13.5. The molecule has 4 rings (SSSR count). The summed E-state index contributed by atoms with van der Waals surface area (Å²) in [7, 11) is 3.00. The quantitative estimate of drug-likeness (QED) is 0.147. The third-order valence-electron chi connectivity index (χ3n) is 8.09. The van der Waals surface area contributed by atoms with Gasteiger partial charge in [-0.25, -0.2) is 0 Å². The van der Waals surface area contributed by atoms with Gasteiger partial charge in [0.05, 0.1) is 28.0 Å². The van der Waals surface area contributed by atoms with Crippen LogP contribution in [0.2, 0.25) is 0 Å². The molecule has 1 aromatic carbocycles. The lowest BCUT2D eigenvalue weighted by molar-refractivity contribution is -0.181. The molecule has 14 heteroatoms. The van der Waals surface area contributed by atoms with Crippen molar-refractivity contribution in [1.29, 1.82) is 0 Å². The molecule has 3 aliphatic rings. The average molecular weight is 622 g/mol. The summed E-state index contributed by atoms with van der Waals surface area (Å²) >= 11 is 3.08. The fraction of sp³-hybridized carbons (Fsp3) is 0.500. The van der Waals surface area contributed by atoms with Gasteiger partial charge < -0.3 is 26.4 Å². The minimum absolute atomic E-state index is 0.0411. The maximum Gasteiger partial charge on any atom is 0.303 e. The Morgan fingerprint density at radius 1 is 1.18 bits per heavy atom. The summed E-state index contributed by atoms with van der Waals surface area (Å²) in [6.45, 7) is 0. The molecule has 3 aliphatic carbocycles. The number of alkyl halides is 1. The number of rotatable bonds is 7. The van der Waals surface area contributed by atoms with Gasteiger partial charge >= 0.3 is 5.97 Å². The van der Waals surface area contributed by atoms with Gasteiger partial charge in [-0.05, 0) is 50.9 Å². The summed E-state index contributed by atoms with van der Waals surface area (Å²) in [5.41, 5.74) is 2.42. The monoisotopic (exact) mass is 621 g/mol. The number of primary amides is 1. The number of carboxylic acid groups (broad SMARTS) is 1. The SMILES string of the molecule is CN(C)[C@@H]1C(=O)C(C(N)=O)C(=O)[C@@]2(O)C(=O)C3C(=O)c4c(ccc(NC(=O)C(Br)CCC(=O)O)c4O)CC3CC12. The van der Waals surface area contributed by atoms with Gasteiger partial charge in [-0.2, -0.15) is 0 Å². The number of likely N-dealkylation sites (N-methyl/N-ethyl adjacent to an activating group) is 1. The fourth-order valence-electron chi connectivity index (χ4n) is 6.27. The molecule has 0 radical (unpaired) electrons. The number of phenolic OH excluding ortho intramolecular Hbond substituents is 1. The van der Waals surface area contributed by atoms with Crippen LogP contribution in [0.3, 0.4) is 0 Å². The Morgan fingerprint density at radius 2 is 1.82 bits per heavy atom. The highest BCUT2D eigenvalue weighted by atomic mass is 79.9. The standard InChI is InChI=1S/C26H28BrN3O10/c1-30(2)18-11-8-10-7-9-3-5-13(29-25(39)12(27)4-6-14(31)32)19(33)15(9)20(34)16(10)22(36)26(11,40)23(37)17(21(18)35)24(28)38/h3,5,10-12,16-18,33,40H,4,6-8H2,1-2H3,(H2,28,38)(H,29,39)(H,31,32)/t10?,11?,12?,16?,17?,18-,26-/m0/s1. The molecule has 5 unspecified atom stereocenters. The van der Waals surface area contributed by atoms with Crippen molar-refractivity contribution in [3.05, 3.63) is 23.3 Å². The second kappa shape index (κ2) is 10.5. The number of nitrogens with one attached hydrogen (secondary N) is 1.